The van der Waals surface area contributed by atoms with E-state index in [2.05, 4.69) is 19.2 Å². The summed E-state index contributed by atoms with van der Waals surface area (Å²) in [6.45, 7) is 5.96. The molecule has 2 aromatic carbocycles. The van der Waals surface area contributed by atoms with Crippen molar-refractivity contribution < 1.29 is 14.3 Å². The number of carbonyl (C=O) groups excluding carboxylic acids is 1. The molecule has 0 bridgehead atoms. The highest BCUT2D eigenvalue weighted by Crippen LogP contribution is 2.34. The summed E-state index contributed by atoms with van der Waals surface area (Å²) in [6, 6.07) is 13.2. The van der Waals surface area contributed by atoms with E-state index in [-0.39, 0.29) is 18.0 Å². The second-order valence-electron chi connectivity index (χ2n) is 7.41. The number of hydrogen-bond donors (Lipinski definition) is 1. The van der Waals surface area contributed by atoms with Gasteiger partial charge in [0.2, 0.25) is 0 Å². The Hall–Kier alpha value is -2.40. The molecule has 5 nitrogen and oxygen atoms in total. The zero-order chi connectivity index (χ0) is 20.1. The Labute approximate surface area is 171 Å². The average Bonchev–Trinajstić information content (AvgIpc) is 2.90. The summed E-state index contributed by atoms with van der Waals surface area (Å²) in [5, 5.41) is 3.81. The third kappa shape index (κ3) is 5.10. The van der Waals surface area contributed by atoms with E-state index in [9.17, 15) is 4.79 Å². The van der Waals surface area contributed by atoms with Crippen molar-refractivity contribution in [1.82, 2.24) is 10.2 Å². The maximum Gasteiger partial charge on any atom is 0.317 e. The highest BCUT2D eigenvalue weighted by atomic mass is 35.5. The molecule has 0 aromatic heterocycles. The molecule has 1 aliphatic heterocycles. The standard InChI is InChI=1S/C22H27ClN2O3/c1-15(2)21(17-8-9-19-20(13-17)28-11-5-10-27-19)24-22(26)25(3)14-16-6-4-7-18(23)12-16/h4,6-9,12-13,15,21H,5,10-11,14H2,1-3H3,(H,24,26)/t21-/m1/s1. The number of nitrogens with zero attached hydrogens (tertiary/aromatic N) is 1. The van der Waals surface area contributed by atoms with Crippen LogP contribution in [0.25, 0.3) is 0 Å². The highest BCUT2D eigenvalue weighted by molar-refractivity contribution is 6.30. The number of carbonyl (C=O) groups is 1. The van der Waals surface area contributed by atoms with E-state index in [1.165, 1.54) is 0 Å². The number of fused-ring (bicyclic) bond motifs is 1. The van der Waals surface area contributed by atoms with Gasteiger partial charge in [0.25, 0.3) is 0 Å². The lowest BCUT2D eigenvalue weighted by atomic mass is 9.95. The first-order valence-electron chi connectivity index (χ1n) is 9.59. The first-order chi connectivity index (χ1) is 13.4. The summed E-state index contributed by atoms with van der Waals surface area (Å²) in [5.41, 5.74) is 1.99. The molecule has 150 valence electrons. The normalized spacial score (nSPS) is 14.3. The number of nitrogens with one attached hydrogen (secondary N) is 1. The fourth-order valence-electron chi connectivity index (χ4n) is 3.23. The van der Waals surface area contributed by atoms with E-state index in [1.807, 2.05) is 42.5 Å². The largest absolute Gasteiger partial charge is 0.490 e. The van der Waals surface area contributed by atoms with Gasteiger partial charge in [-0.2, -0.15) is 0 Å². The van der Waals surface area contributed by atoms with Crippen LogP contribution in [0, 0.1) is 5.92 Å². The van der Waals surface area contributed by atoms with Crippen LogP contribution in [0.15, 0.2) is 42.5 Å². The SMILES string of the molecule is CC(C)[C@@H](NC(=O)N(C)Cc1cccc(Cl)c1)c1ccc2c(c1)OCCCO2. The molecule has 1 atom stereocenters. The van der Waals surface area contributed by atoms with Gasteiger partial charge in [-0.3, -0.25) is 0 Å². The maximum absolute atomic E-state index is 12.8. The predicted octanol–water partition coefficient (Wildman–Crippen LogP) is 5.04. The first-order valence-corrected chi connectivity index (χ1v) is 9.97. The smallest absolute Gasteiger partial charge is 0.317 e. The van der Waals surface area contributed by atoms with Crippen LogP contribution in [0.2, 0.25) is 5.02 Å². The Morgan fingerprint density at radius 2 is 1.89 bits per heavy atom. The van der Waals surface area contributed by atoms with Gasteiger partial charge in [0, 0.05) is 25.0 Å². The molecular formula is C22H27ClN2O3. The van der Waals surface area contributed by atoms with E-state index < -0.39 is 0 Å². The zero-order valence-corrected chi connectivity index (χ0v) is 17.3. The minimum Gasteiger partial charge on any atom is -0.490 e. The molecule has 1 heterocycles. The second kappa shape index (κ2) is 9.20. The Balaban J connectivity index is 1.72. The lowest BCUT2D eigenvalue weighted by Crippen LogP contribution is -2.40. The van der Waals surface area contributed by atoms with Crippen LogP contribution in [0.5, 0.6) is 11.5 Å². The van der Waals surface area contributed by atoms with Gasteiger partial charge in [0.15, 0.2) is 11.5 Å². The Morgan fingerprint density at radius 1 is 1.14 bits per heavy atom. The van der Waals surface area contributed by atoms with Gasteiger partial charge in [0.1, 0.15) is 0 Å². The van der Waals surface area contributed by atoms with Crippen LogP contribution in [-0.4, -0.2) is 31.2 Å². The lowest BCUT2D eigenvalue weighted by molar-refractivity contribution is 0.198. The molecule has 0 radical (unpaired) electrons. The quantitative estimate of drug-likeness (QED) is 0.762. The fraction of sp³-hybridized carbons (Fsp3) is 0.409. The summed E-state index contributed by atoms with van der Waals surface area (Å²) < 4.78 is 11.5. The van der Waals surface area contributed by atoms with Crippen molar-refractivity contribution in [2.45, 2.75) is 32.9 Å². The van der Waals surface area contributed by atoms with Crippen LogP contribution >= 0.6 is 11.6 Å². The second-order valence-corrected chi connectivity index (χ2v) is 7.85. The van der Waals surface area contributed by atoms with Gasteiger partial charge in [-0.05, 0) is 41.3 Å². The Bertz CT molecular complexity index is 825. The van der Waals surface area contributed by atoms with Crippen molar-refractivity contribution in [2.24, 2.45) is 5.92 Å². The van der Waals surface area contributed by atoms with Gasteiger partial charge >= 0.3 is 6.03 Å². The molecular weight excluding hydrogens is 376 g/mol. The third-order valence-electron chi connectivity index (χ3n) is 4.73. The molecule has 2 amide bonds. The summed E-state index contributed by atoms with van der Waals surface area (Å²) in [6.07, 6.45) is 0.864. The van der Waals surface area contributed by atoms with E-state index in [1.54, 1.807) is 11.9 Å². The molecule has 2 aromatic rings. The topological polar surface area (TPSA) is 50.8 Å². The number of rotatable bonds is 5. The fourth-order valence-corrected chi connectivity index (χ4v) is 3.45. The molecule has 0 saturated carbocycles. The first kappa shape index (κ1) is 20.3. The van der Waals surface area contributed by atoms with Crippen LogP contribution in [0.3, 0.4) is 0 Å². The van der Waals surface area contributed by atoms with E-state index in [0.717, 1.165) is 29.0 Å². The van der Waals surface area contributed by atoms with Gasteiger partial charge in [-0.1, -0.05) is 43.6 Å². The van der Waals surface area contributed by atoms with E-state index in [4.69, 9.17) is 21.1 Å². The van der Waals surface area contributed by atoms with Crippen LogP contribution in [-0.2, 0) is 6.54 Å². The minimum atomic E-state index is -0.134. The number of ether oxygens (including phenoxy) is 2. The predicted molar refractivity (Wildman–Crippen MR) is 111 cm³/mol. The maximum atomic E-state index is 12.8. The van der Waals surface area contributed by atoms with Gasteiger partial charge in [-0.25, -0.2) is 4.79 Å². The average molecular weight is 403 g/mol. The van der Waals surface area contributed by atoms with E-state index in [0.29, 0.717) is 24.8 Å². The molecule has 1 aliphatic rings. The number of benzene rings is 2. The number of amides is 2. The van der Waals surface area contributed by atoms with Crippen molar-refractivity contribution in [3.63, 3.8) is 0 Å². The highest BCUT2D eigenvalue weighted by Gasteiger charge is 2.22. The van der Waals surface area contributed by atoms with Crippen molar-refractivity contribution in [1.29, 1.82) is 0 Å². The molecule has 0 unspecified atom stereocenters. The Kier molecular flexibility index (Phi) is 6.68. The molecule has 0 spiro atoms. The molecule has 6 heteroatoms. The molecule has 0 fully saturated rings. The molecule has 3 rings (SSSR count). The van der Waals surface area contributed by atoms with Gasteiger partial charge < -0.3 is 19.7 Å². The summed E-state index contributed by atoms with van der Waals surface area (Å²) in [7, 11) is 1.78. The van der Waals surface area contributed by atoms with Crippen molar-refractivity contribution in [3.8, 4) is 11.5 Å². The van der Waals surface area contributed by atoms with Gasteiger partial charge in [0.05, 0.1) is 19.3 Å². The summed E-state index contributed by atoms with van der Waals surface area (Å²) >= 11 is 6.04. The number of halogens is 1. The van der Waals surface area contributed by atoms with Crippen LogP contribution < -0.4 is 14.8 Å². The zero-order valence-electron chi connectivity index (χ0n) is 16.6. The van der Waals surface area contributed by atoms with Crippen molar-refractivity contribution in [3.05, 3.63) is 58.6 Å². The molecule has 28 heavy (non-hydrogen) atoms. The number of urea groups is 1. The van der Waals surface area contributed by atoms with Crippen molar-refractivity contribution >= 4 is 17.6 Å². The summed E-state index contributed by atoms with van der Waals surface area (Å²) in [4.78, 5) is 14.4. The molecule has 0 aliphatic carbocycles. The summed E-state index contributed by atoms with van der Waals surface area (Å²) in [5.74, 6) is 1.71. The van der Waals surface area contributed by atoms with Crippen molar-refractivity contribution in [2.75, 3.05) is 20.3 Å². The minimum absolute atomic E-state index is 0.133. The Morgan fingerprint density at radius 3 is 2.61 bits per heavy atom. The monoisotopic (exact) mass is 402 g/mol. The van der Waals surface area contributed by atoms with Crippen LogP contribution in [0.1, 0.15) is 37.4 Å². The van der Waals surface area contributed by atoms with Gasteiger partial charge in [-0.15, -0.1) is 0 Å². The molecule has 1 N–H and O–H groups in total. The third-order valence-corrected chi connectivity index (χ3v) is 4.97. The van der Waals surface area contributed by atoms with E-state index >= 15 is 0 Å². The molecule has 0 saturated heterocycles. The van der Waals surface area contributed by atoms with Crippen LogP contribution in [0.4, 0.5) is 4.79 Å². The lowest BCUT2D eigenvalue weighted by Gasteiger charge is -2.27. The number of hydrogen-bond acceptors (Lipinski definition) is 3.